The molecular formula is C17H36O3. The maximum absolute atomic E-state index is 9.23. The van der Waals surface area contributed by atoms with Crippen LogP contribution in [0.15, 0.2) is 0 Å². The van der Waals surface area contributed by atoms with E-state index in [1.807, 2.05) is 0 Å². The van der Waals surface area contributed by atoms with Crippen LogP contribution in [0.2, 0.25) is 0 Å². The lowest BCUT2D eigenvalue weighted by Gasteiger charge is -2.19. The molecule has 0 aromatic heterocycles. The second kappa shape index (κ2) is 13.8. The van der Waals surface area contributed by atoms with Crippen molar-refractivity contribution in [3.63, 3.8) is 0 Å². The molecule has 0 saturated carbocycles. The summed E-state index contributed by atoms with van der Waals surface area (Å²) < 4.78 is 4.98. The van der Waals surface area contributed by atoms with E-state index in [9.17, 15) is 10.2 Å². The minimum atomic E-state index is -1.92. The maximum Gasteiger partial charge on any atom is 0.277 e. The monoisotopic (exact) mass is 288 g/mol. The average Bonchev–Trinajstić information content (AvgIpc) is 2.44. The Morgan fingerprint density at radius 2 is 1.05 bits per heavy atom. The molecule has 0 saturated heterocycles. The van der Waals surface area contributed by atoms with Gasteiger partial charge in [-0.1, -0.05) is 84.5 Å². The highest BCUT2D eigenvalue weighted by molar-refractivity contribution is 4.50. The first kappa shape index (κ1) is 19.9. The van der Waals surface area contributed by atoms with Gasteiger partial charge in [-0.2, -0.15) is 0 Å². The van der Waals surface area contributed by atoms with E-state index in [-0.39, 0.29) is 6.42 Å². The quantitative estimate of drug-likeness (QED) is 0.337. The van der Waals surface area contributed by atoms with Crippen molar-refractivity contribution in [3.05, 3.63) is 0 Å². The number of ether oxygens (including phenoxy) is 1. The van der Waals surface area contributed by atoms with Crippen molar-refractivity contribution in [2.45, 2.75) is 103 Å². The van der Waals surface area contributed by atoms with Gasteiger partial charge in [0.25, 0.3) is 5.97 Å². The molecule has 0 heterocycles. The third-order valence-electron chi connectivity index (χ3n) is 3.79. The van der Waals surface area contributed by atoms with Crippen LogP contribution in [0.3, 0.4) is 0 Å². The molecule has 0 radical (unpaired) electrons. The fourth-order valence-corrected chi connectivity index (χ4v) is 2.28. The zero-order valence-electron chi connectivity index (χ0n) is 13.7. The molecule has 0 aliphatic rings. The van der Waals surface area contributed by atoms with Crippen LogP contribution in [0, 0.1) is 0 Å². The van der Waals surface area contributed by atoms with Crippen molar-refractivity contribution in [1.29, 1.82) is 0 Å². The van der Waals surface area contributed by atoms with Gasteiger partial charge in [0.05, 0.1) is 6.61 Å². The van der Waals surface area contributed by atoms with Gasteiger partial charge in [-0.15, -0.1) is 0 Å². The molecule has 0 spiro atoms. The van der Waals surface area contributed by atoms with Gasteiger partial charge in [0.2, 0.25) is 0 Å². The molecule has 0 bridgehead atoms. The molecule has 2 N–H and O–H groups in total. The van der Waals surface area contributed by atoms with E-state index in [2.05, 4.69) is 6.92 Å². The Hall–Kier alpha value is -0.120. The highest BCUT2D eigenvalue weighted by Crippen LogP contribution is 2.13. The molecule has 0 aromatic carbocycles. The summed E-state index contributed by atoms with van der Waals surface area (Å²) in [5.41, 5.74) is 0. The van der Waals surface area contributed by atoms with Crippen LogP contribution in [-0.4, -0.2) is 22.8 Å². The Morgan fingerprint density at radius 1 is 0.650 bits per heavy atom. The van der Waals surface area contributed by atoms with E-state index in [1.165, 1.54) is 64.2 Å². The summed E-state index contributed by atoms with van der Waals surface area (Å²) in [6, 6.07) is 0. The summed E-state index contributed by atoms with van der Waals surface area (Å²) in [5, 5.41) is 18.5. The Balaban J connectivity index is 3.06. The van der Waals surface area contributed by atoms with Crippen molar-refractivity contribution < 1.29 is 14.9 Å². The molecule has 0 aromatic rings. The van der Waals surface area contributed by atoms with Gasteiger partial charge in [-0.05, 0) is 6.42 Å². The second-order valence-corrected chi connectivity index (χ2v) is 5.83. The predicted octanol–water partition coefficient (Wildman–Crippen LogP) is 4.75. The number of hydrogen-bond donors (Lipinski definition) is 2. The van der Waals surface area contributed by atoms with Gasteiger partial charge < -0.3 is 14.9 Å². The van der Waals surface area contributed by atoms with Crippen LogP contribution in [-0.2, 0) is 4.74 Å². The molecule has 0 aliphatic carbocycles. The lowest BCUT2D eigenvalue weighted by atomic mass is 10.1. The smallest absolute Gasteiger partial charge is 0.277 e. The van der Waals surface area contributed by atoms with Gasteiger partial charge in [-0.25, -0.2) is 0 Å². The molecule has 0 rings (SSSR count). The van der Waals surface area contributed by atoms with Crippen LogP contribution >= 0.6 is 0 Å². The van der Waals surface area contributed by atoms with E-state index in [0.717, 1.165) is 12.8 Å². The van der Waals surface area contributed by atoms with E-state index in [4.69, 9.17) is 4.74 Å². The number of aliphatic hydroxyl groups is 2. The molecule has 122 valence electrons. The van der Waals surface area contributed by atoms with Crippen molar-refractivity contribution in [1.82, 2.24) is 0 Å². The normalized spacial score (nSPS) is 12.0. The fraction of sp³-hybridized carbons (Fsp3) is 1.00. The zero-order valence-corrected chi connectivity index (χ0v) is 13.7. The second-order valence-electron chi connectivity index (χ2n) is 5.83. The van der Waals surface area contributed by atoms with Gasteiger partial charge in [0.15, 0.2) is 0 Å². The molecule has 0 atom stereocenters. The van der Waals surface area contributed by atoms with Gasteiger partial charge >= 0.3 is 0 Å². The molecule has 20 heavy (non-hydrogen) atoms. The Bertz CT molecular complexity index is 193. The molecule has 0 aliphatic heterocycles. The highest BCUT2D eigenvalue weighted by Gasteiger charge is 2.19. The van der Waals surface area contributed by atoms with Gasteiger partial charge in [0, 0.05) is 6.42 Å². The fourth-order valence-electron chi connectivity index (χ4n) is 2.28. The lowest BCUT2D eigenvalue weighted by molar-refractivity contribution is -0.338. The van der Waals surface area contributed by atoms with Crippen molar-refractivity contribution in [3.8, 4) is 0 Å². The molecule has 0 unspecified atom stereocenters. The Kier molecular flexibility index (Phi) is 13.8. The first-order valence-corrected chi connectivity index (χ1v) is 8.71. The Morgan fingerprint density at radius 3 is 1.45 bits per heavy atom. The highest BCUT2D eigenvalue weighted by atomic mass is 16.8. The summed E-state index contributed by atoms with van der Waals surface area (Å²) in [6.07, 6.45) is 15.8. The minimum absolute atomic E-state index is 0.214. The van der Waals surface area contributed by atoms with Crippen LogP contribution in [0.25, 0.3) is 0 Å². The maximum atomic E-state index is 9.23. The Labute approximate surface area is 125 Å². The molecule has 3 heteroatoms. The first-order valence-electron chi connectivity index (χ1n) is 8.71. The summed E-state index contributed by atoms with van der Waals surface area (Å²) in [5.74, 6) is -1.92. The number of hydrogen-bond acceptors (Lipinski definition) is 3. The molecule has 3 nitrogen and oxygen atoms in total. The van der Waals surface area contributed by atoms with E-state index >= 15 is 0 Å². The third kappa shape index (κ3) is 14.3. The topological polar surface area (TPSA) is 49.7 Å². The van der Waals surface area contributed by atoms with Crippen molar-refractivity contribution >= 4 is 0 Å². The van der Waals surface area contributed by atoms with Crippen LogP contribution in [0.5, 0.6) is 0 Å². The zero-order chi connectivity index (χ0) is 15.1. The molecule has 0 fully saturated rings. The van der Waals surface area contributed by atoms with Crippen LogP contribution in [0.4, 0.5) is 0 Å². The van der Waals surface area contributed by atoms with E-state index in [0.29, 0.717) is 6.61 Å². The van der Waals surface area contributed by atoms with Crippen LogP contribution < -0.4 is 0 Å². The van der Waals surface area contributed by atoms with Crippen LogP contribution in [0.1, 0.15) is 97.3 Å². The predicted molar refractivity (Wildman–Crippen MR) is 84.5 cm³/mol. The summed E-state index contributed by atoms with van der Waals surface area (Å²) in [7, 11) is 0. The standard InChI is InChI=1S/C17H36O3/c1-3-5-6-7-8-9-10-11-12-13-14-15-16-20-17(18,19)4-2/h18-19H,3-16H2,1-2H3. The lowest BCUT2D eigenvalue weighted by Crippen LogP contribution is -2.31. The number of rotatable bonds is 15. The average molecular weight is 288 g/mol. The van der Waals surface area contributed by atoms with E-state index in [1.54, 1.807) is 6.92 Å². The largest absolute Gasteiger partial charge is 0.343 e. The van der Waals surface area contributed by atoms with Gasteiger partial charge in [-0.3, -0.25) is 0 Å². The molecular weight excluding hydrogens is 252 g/mol. The van der Waals surface area contributed by atoms with Gasteiger partial charge in [0.1, 0.15) is 0 Å². The van der Waals surface area contributed by atoms with E-state index < -0.39 is 5.97 Å². The van der Waals surface area contributed by atoms with Crippen molar-refractivity contribution in [2.24, 2.45) is 0 Å². The summed E-state index contributed by atoms with van der Waals surface area (Å²) in [6.45, 7) is 4.40. The first-order chi connectivity index (χ1) is 9.62. The van der Waals surface area contributed by atoms with Crippen molar-refractivity contribution in [2.75, 3.05) is 6.61 Å². The third-order valence-corrected chi connectivity index (χ3v) is 3.79. The summed E-state index contributed by atoms with van der Waals surface area (Å²) >= 11 is 0. The summed E-state index contributed by atoms with van der Waals surface area (Å²) in [4.78, 5) is 0. The minimum Gasteiger partial charge on any atom is -0.343 e. The number of unbranched alkanes of at least 4 members (excludes halogenated alkanes) is 11. The molecule has 0 amide bonds. The SMILES string of the molecule is CCCCCCCCCCCCCCOC(O)(O)CC.